The average Bonchev–Trinajstić information content (AvgIpc) is 2.69. The first-order chi connectivity index (χ1) is 12.2. The van der Waals surface area contributed by atoms with Gasteiger partial charge in [-0.1, -0.05) is 20.8 Å². The number of hydrogen-bond acceptors (Lipinski definition) is 10. The van der Waals surface area contributed by atoms with Gasteiger partial charge in [0.1, 0.15) is 0 Å². The topological polar surface area (TPSA) is 100 Å². The molecule has 10 nitrogen and oxygen atoms in total. The van der Waals surface area contributed by atoms with Gasteiger partial charge in [-0.25, -0.2) is 4.57 Å². The lowest BCUT2D eigenvalue weighted by Crippen LogP contribution is -2.49. The van der Waals surface area contributed by atoms with Crippen LogP contribution in [0.25, 0.3) is 0 Å². The smallest absolute Gasteiger partial charge is 0.377 e. The summed E-state index contributed by atoms with van der Waals surface area (Å²) >= 11 is 0. The van der Waals surface area contributed by atoms with Crippen LogP contribution in [-0.4, -0.2) is 69.1 Å². The number of rotatable bonds is 15. The van der Waals surface area contributed by atoms with E-state index in [-0.39, 0.29) is 0 Å². The molecule has 0 atom stereocenters. The summed E-state index contributed by atoms with van der Waals surface area (Å²) in [7, 11) is -5.77. The fourth-order valence-electron chi connectivity index (χ4n) is 2.10. The molecule has 14 heteroatoms. The third-order valence-electron chi connectivity index (χ3n) is 3.92. The fourth-order valence-corrected chi connectivity index (χ4v) is 13.2. The van der Waals surface area contributed by atoms with Gasteiger partial charge in [-0.15, -0.1) is 0 Å². The van der Waals surface area contributed by atoms with Crippen LogP contribution < -0.4 is 0 Å². The maximum absolute atomic E-state index is 13.6. The summed E-state index contributed by atoms with van der Waals surface area (Å²) in [4.78, 5) is 0. The van der Waals surface area contributed by atoms with Crippen LogP contribution in [0.1, 0.15) is 20.8 Å². The summed E-state index contributed by atoms with van der Waals surface area (Å²) < 4.78 is 63.3. The van der Waals surface area contributed by atoms with Crippen molar-refractivity contribution < 1.29 is 43.8 Å². The molecule has 0 aliphatic heterocycles. The summed E-state index contributed by atoms with van der Waals surface area (Å²) in [5, 5.41) is 0. The first kappa shape index (κ1) is 26.5. The third-order valence-corrected chi connectivity index (χ3v) is 16.3. The van der Waals surface area contributed by atoms with E-state index in [0.29, 0.717) is 18.1 Å². The van der Waals surface area contributed by atoms with Gasteiger partial charge in [0.05, 0.1) is 0 Å². The van der Waals surface area contributed by atoms with Crippen LogP contribution in [0.4, 0.5) is 0 Å². The van der Waals surface area contributed by atoms with E-state index in [9.17, 15) is 4.57 Å². The maximum Gasteiger partial charge on any atom is 0.508 e. The first-order valence-electron chi connectivity index (χ1n) is 8.20. The zero-order valence-electron chi connectivity index (χ0n) is 17.2. The molecule has 0 bridgehead atoms. The fraction of sp³-hybridized carbons (Fsp3) is 1.00. The highest BCUT2D eigenvalue weighted by Gasteiger charge is 2.57. The molecule has 0 aromatic rings. The van der Waals surface area contributed by atoms with E-state index in [1.54, 1.807) is 20.8 Å². The molecule has 0 N–H and O–H groups in total. The molecular weight excluding hydrogens is 419 g/mol. The number of phosphoric acid groups is 1. The Morgan fingerprint density at radius 3 is 0.846 bits per heavy atom. The Kier molecular flexibility index (Phi) is 11.7. The van der Waals surface area contributed by atoms with Gasteiger partial charge in [0.25, 0.3) is 0 Å². The van der Waals surface area contributed by atoms with Crippen LogP contribution in [-0.2, 0) is 43.8 Å². The Bertz CT molecular complexity index is 356. The Morgan fingerprint density at radius 1 is 0.538 bits per heavy atom. The Morgan fingerprint density at radius 2 is 0.731 bits per heavy atom. The molecule has 0 radical (unpaired) electrons. The molecule has 0 aliphatic carbocycles. The maximum atomic E-state index is 13.6. The molecule has 0 heterocycles. The van der Waals surface area contributed by atoms with Crippen molar-refractivity contribution in [1.82, 2.24) is 0 Å². The van der Waals surface area contributed by atoms with Gasteiger partial charge in [-0.2, -0.15) is 0 Å². The molecule has 0 fully saturated rings. The molecular formula is C12H33O10PSi3. The SMILES string of the molecule is CC[Si](OC)(OC)OP(=O)(O[Si](CC)(OC)OC)O[Si](CC)(OC)OC. The predicted octanol–water partition coefficient (Wildman–Crippen LogP) is 2.90. The molecule has 0 aliphatic rings. The van der Waals surface area contributed by atoms with Crippen molar-refractivity contribution in [3.05, 3.63) is 0 Å². The molecule has 0 saturated carbocycles. The predicted molar refractivity (Wildman–Crippen MR) is 102 cm³/mol. The Labute approximate surface area is 160 Å². The van der Waals surface area contributed by atoms with E-state index in [0.717, 1.165) is 0 Å². The average molecular weight is 453 g/mol. The molecule has 26 heavy (non-hydrogen) atoms. The summed E-state index contributed by atoms with van der Waals surface area (Å²) in [5.74, 6) is 0. The highest BCUT2D eigenvalue weighted by atomic mass is 31.2. The lowest BCUT2D eigenvalue weighted by molar-refractivity contribution is 0.0898. The van der Waals surface area contributed by atoms with Crippen molar-refractivity contribution in [3.63, 3.8) is 0 Å². The van der Waals surface area contributed by atoms with Gasteiger partial charge in [0.2, 0.25) is 0 Å². The van der Waals surface area contributed by atoms with Crippen molar-refractivity contribution in [2.24, 2.45) is 0 Å². The second kappa shape index (κ2) is 11.5. The first-order valence-corrected chi connectivity index (χ1v) is 15.5. The van der Waals surface area contributed by atoms with E-state index in [2.05, 4.69) is 0 Å². The zero-order chi connectivity index (χ0) is 20.5. The van der Waals surface area contributed by atoms with E-state index in [4.69, 9.17) is 39.2 Å². The monoisotopic (exact) mass is 452 g/mol. The quantitative estimate of drug-likeness (QED) is 0.272. The van der Waals surface area contributed by atoms with Crippen LogP contribution in [0, 0.1) is 0 Å². The largest absolute Gasteiger partial charge is 0.508 e. The van der Waals surface area contributed by atoms with Crippen molar-refractivity contribution in [1.29, 1.82) is 0 Å². The Hall–Kier alpha value is 0.521. The minimum atomic E-state index is -4.30. The van der Waals surface area contributed by atoms with Gasteiger partial charge >= 0.3 is 34.2 Å². The van der Waals surface area contributed by atoms with Gasteiger partial charge in [0.15, 0.2) is 0 Å². The van der Waals surface area contributed by atoms with Gasteiger partial charge in [0, 0.05) is 60.8 Å². The standard InChI is InChI=1S/C12H33O10PSi3/c1-10-24(14-4,15-5)20-23(13,21-25(11-2,16-6)17-7)22-26(12-3,18-8)19-9/h10-12H2,1-9H3. The van der Waals surface area contributed by atoms with Gasteiger partial charge < -0.3 is 26.6 Å². The summed E-state index contributed by atoms with van der Waals surface area (Å²) in [6, 6.07) is 1.04. The van der Waals surface area contributed by atoms with Crippen molar-refractivity contribution in [2.45, 2.75) is 38.9 Å². The van der Waals surface area contributed by atoms with Crippen molar-refractivity contribution in [2.75, 3.05) is 42.7 Å². The normalized spacial score (nSPS) is 14.0. The van der Waals surface area contributed by atoms with Gasteiger partial charge in [-0.3, -0.25) is 12.6 Å². The van der Waals surface area contributed by atoms with E-state index in [1.807, 2.05) is 0 Å². The molecule has 0 amide bonds. The number of hydrogen-bond donors (Lipinski definition) is 0. The molecule has 0 unspecified atom stereocenters. The third kappa shape index (κ3) is 6.55. The van der Waals surface area contributed by atoms with Crippen LogP contribution in [0.5, 0.6) is 0 Å². The molecule has 0 aromatic heterocycles. The summed E-state index contributed by atoms with van der Waals surface area (Å²) in [6.07, 6.45) is 0. The van der Waals surface area contributed by atoms with Crippen LogP contribution in [0.3, 0.4) is 0 Å². The summed E-state index contributed by atoms with van der Waals surface area (Å²) in [5.41, 5.74) is 0. The van der Waals surface area contributed by atoms with E-state index < -0.39 is 34.2 Å². The molecule has 0 saturated heterocycles. The summed E-state index contributed by atoms with van der Waals surface area (Å²) in [6.45, 7) is 5.37. The molecule has 0 aromatic carbocycles. The highest BCUT2D eigenvalue weighted by molar-refractivity contribution is 7.53. The lowest BCUT2D eigenvalue weighted by atomic mass is 11.0. The highest BCUT2D eigenvalue weighted by Crippen LogP contribution is 2.57. The molecule has 0 spiro atoms. The minimum Gasteiger partial charge on any atom is -0.377 e. The second-order valence-corrected chi connectivity index (χ2v) is 16.8. The zero-order valence-corrected chi connectivity index (χ0v) is 21.0. The van der Waals surface area contributed by atoms with Crippen molar-refractivity contribution >= 4 is 34.2 Å². The van der Waals surface area contributed by atoms with Gasteiger partial charge in [-0.05, 0) is 0 Å². The molecule has 158 valence electrons. The van der Waals surface area contributed by atoms with Crippen molar-refractivity contribution in [3.8, 4) is 0 Å². The molecule has 0 rings (SSSR count). The van der Waals surface area contributed by atoms with Crippen LogP contribution >= 0.6 is 7.82 Å². The second-order valence-electron chi connectivity index (χ2n) is 5.06. The van der Waals surface area contributed by atoms with E-state index >= 15 is 0 Å². The van der Waals surface area contributed by atoms with E-state index in [1.165, 1.54) is 42.7 Å². The lowest BCUT2D eigenvalue weighted by Gasteiger charge is -2.36. The van der Waals surface area contributed by atoms with Crippen LogP contribution in [0.2, 0.25) is 18.1 Å². The Balaban J connectivity index is 6.04. The minimum absolute atomic E-state index is 0.345. The van der Waals surface area contributed by atoms with Crippen LogP contribution in [0.15, 0.2) is 0 Å².